The number of hydrogen-bond donors (Lipinski definition) is 5. The Hall–Kier alpha value is -0.780. The first-order valence-electron chi connectivity index (χ1n) is 9.51. The first kappa shape index (κ1) is 21.9. The van der Waals surface area contributed by atoms with Crippen LogP contribution in [0.25, 0.3) is 0 Å². The summed E-state index contributed by atoms with van der Waals surface area (Å²) in [7, 11) is 0. The molecular weight excluding hydrogens is 404 g/mol. The van der Waals surface area contributed by atoms with Crippen molar-refractivity contribution in [1.82, 2.24) is 10.2 Å². The van der Waals surface area contributed by atoms with Gasteiger partial charge in [-0.1, -0.05) is 6.92 Å². The van der Waals surface area contributed by atoms with Gasteiger partial charge in [0.1, 0.15) is 5.70 Å². The van der Waals surface area contributed by atoms with Crippen molar-refractivity contribution in [2.75, 3.05) is 24.7 Å². The number of aliphatic hydroxyl groups is 3. The van der Waals surface area contributed by atoms with E-state index in [1.54, 1.807) is 18.7 Å². The predicted molar refractivity (Wildman–Crippen MR) is 108 cm³/mol. The number of nitrogens with zero attached hydrogens (tertiary/aromatic N) is 1. The topological polar surface area (TPSA) is 130 Å². The smallest absolute Gasteiger partial charge is 0.353 e. The van der Waals surface area contributed by atoms with Gasteiger partial charge in [-0.2, -0.15) is 11.8 Å². The second-order valence-corrected chi connectivity index (χ2v) is 10.1. The molecule has 2 fully saturated rings. The minimum Gasteiger partial charge on any atom is -0.477 e. The molecule has 2 unspecified atom stereocenters. The number of rotatable bonds is 9. The highest BCUT2D eigenvalue weighted by Gasteiger charge is 2.60. The van der Waals surface area contributed by atoms with Crippen molar-refractivity contribution in [3.8, 4) is 0 Å². The molecule has 0 radical (unpaired) electrons. The fourth-order valence-electron chi connectivity index (χ4n) is 4.26. The summed E-state index contributed by atoms with van der Waals surface area (Å²) in [5.74, 6) is -0.748. The predicted octanol–water partition coefficient (Wildman–Crippen LogP) is -0.310. The molecule has 5 N–H and O–H groups in total. The van der Waals surface area contributed by atoms with Crippen molar-refractivity contribution in [1.29, 1.82) is 0 Å². The number of fused-ring (bicyclic) bond motifs is 1. The number of hydrogen-bond acceptors (Lipinski definition) is 8. The molecule has 8 nitrogen and oxygen atoms in total. The van der Waals surface area contributed by atoms with Gasteiger partial charge in [-0.3, -0.25) is 4.79 Å². The Morgan fingerprint density at radius 2 is 2.11 bits per heavy atom. The number of carbonyl (C=O) groups excluding carboxylic acids is 1. The Balaban J connectivity index is 1.62. The van der Waals surface area contributed by atoms with E-state index in [1.807, 2.05) is 6.92 Å². The summed E-state index contributed by atoms with van der Waals surface area (Å²) in [5.41, 5.74) is 0.0771. The largest absolute Gasteiger partial charge is 0.477 e. The number of amides is 1. The van der Waals surface area contributed by atoms with Crippen LogP contribution in [0.1, 0.15) is 20.3 Å². The molecule has 28 heavy (non-hydrogen) atoms. The number of nitrogens with one attached hydrogen (secondary N) is 1. The van der Waals surface area contributed by atoms with Gasteiger partial charge in [0, 0.05) is 40.2 Å². The second-order valence-electron chi connectivity index (χ2n) is 7.73. The summed E-state index contributed by atoms with van der Waals surface area (Å²) < 4.78 is 0. The highest BCUT2D eigenvalue weighted by Crippen LogP contribution is 2.51. The molecule has 0 aromatic heterocycles. The summed E-state index contributed by atoms with van der Waals surface area (Å²) >= 11 is 3.11. The molecule has 3 heterocycles. The molecule has 2 saturated heterocycles. The Labute approximate surface area is 172 Å². The maximum Gasteiger partial charge on any atom is 0.353 e. The van der Waals surface area contributed by atoms with E-state index < -0.39 is 24.1 Å². The molecule has 158 valence electrons. The van der Waals surface area contributed by atoms with Gasteiger partial charge >= 0.3 is 5.97 Å². The average molecular weight is 433 g/mol. The fourth-order valence-corrected chi connectivity index (χ4v) is 6.83. The second kappa shape index (κ2) is 8.93. The van der Waals surface area contributed by atoms with E-state index in [0.717, 1.165) is 23.6 Å². The third kappa shape index (κ3) is 4.08. The molecule has 3 aliphatic heterocycles. The van der Waals surface area contributed by atoms with Gasteiger partial charge < -0.3 is 30.6 Å². The highest BCUT2D eigenvalue weighted by atomic mass is 32.2. The zero-order valence-electron chi connectivity index (χ0n) is 15.9. The van der Waals surface area contributed by atoms with Crippen LogP contribution in [0.2, 0.25) is 0 Å². The first-order chi connectivity index (χ1) is 13.3. The molecule has 0 aromatic carbocycles. The molecule has 0 spiro atoms. The molecule has 10 heteroatoms. The number of aliphatic hydroxyl groups excluding tert-OH is 3. The summed E-state index contributed by atoms with van der Waals surface area (Å²) in [6, 6.07) is -0.00960. The molecule has 1 amide bonds. The summed E-state index contributed by atoms with van der Waals surface area (Å²) in [6.07, 6.45) is -0.628. The van der Waals surface area contributed by atoms with E-state index in [-0.39, 0.29) is 41.5 Å². The van der Waals surface area contributed by atoms with Gasteiger partial charge in [-0.25, -0.2) is 4.79 Å². The summed E-state index contributed by atoms with van der Waals surface area (Å²) in [5, 5.41) is 41.5. The van der Waals surface area contributed by atoms with Crippen LogP contribution in [-0.2, 0) is 9.59 Å². The minimum absolute atomic E-state index is 0.0771. The van der Waals surface area contributed by atoms with Gasteiger partial charge in [0.25, 0.3) is 0 Å². The number of thioether (sulfide) groups is 2. The third-order valence-electron chi connectivity index (χ3n) is 5.63. The van der Waals surface area contributed by atoms with Gasteiger partial charge in [0.2, 0.25) is 5.91 Å². The minimum atomic E-state index is -1.09. The number of β-lactam (4-membered cyclic amide) rings is 1. The van der Waals surface area contributed by atoms with E-state index >= 15 is 0 Å². The Morgan fingerprint density at radius 3 is 2.71 bits per heavy atom. The third-order valence-corrected chi connectivity index (χ3v) is 8.40. The Bertz CT molecular complexity index is 658. The first-order valence-corrected chi connectivity index (χ1v) is 11.5. The van der Waals surface area contributed by atoms with Crippen molar-refractivity contribution in [3.05, 3.63) is 10.6 Å². The lowest BCUT2D eigenvalue weighted by Crippen LogP contribution is -2.63. The van der Waals surface area contributed by atoms with Gasteiger partial charge in [0.05, 0.1) is 30.8 Å². The zero-order chi connectivity index (χ0) is 20.6. The normalized spacial score (nSPS) is 34.4. The van der Waals surface area contributed by atoms with Crippen molar-refractivity contribution in [2.45, 2.75) is 49.8 Å². The summed E-state index contributed by atoms with van der Waals surface area (Å²) in [6.45, 7) is 4.02. The van der Waals surface area contributed by atoms with E-state index in [0.29, 0.717) is 5.75 Å². The van der Waals surface area contributed by atoms with Crippen LogP contribution in [0.3, 0.4) is 0 Å². The van der Waals surface area contributed by atoms with E-state index in [9.17, 15) is 24.9 Å². The molecule has 3 rings (SSSR count). The maximum absolute atomic E-state index is 12.4. The van der Waals surface area contributed by atoms with Gasteiger partial charge in [-0.05, 0) is 13.3 Å². The zero-order valence-corrected chi connectivity index (χ0v) is 17.6. The van der Waals surface area contributed by atoms with Crippen LogP contribution >= 0.6 is 23.5 Å². The molecule has 0 aliphatic carbocycles. The van der Waals surface area contributed by atoms with Crippen molar-refractivity contribution < 1.29 is 30.0 Å². The quantitative estimate of drug-likeness (QED) is 0.311. The summed E-state index contributed by atoms with van der Waals surface area (Å²) in [4.78, 5) is 26.3. The van der Waals surface area contributed by atoms with Crippen molar-refractivity contribution in [2.24, 2.45) is 11.8 Å². The molecular formula is C18H28N2O6S2. The Morgan fingerprint density at radius 1 is 1.39 bits per heavy atom. The SMILES string of the molecule is C[C@H]1C(S[C@@H]2CN[C@H](CSCC(O)CO)C2)=C(C(=O)O)N2C(=O)[C@H]([C@@H](C)O)C12. The van der Waals surface area contributed by atoms with Crippen LogP contribution < -0.4 is 5.32 Å². The lowest BCUT2D eigenvalue weighted by Gasteiger charge is -2.46. The van der Waals surface area contributed by atoms with Crippen LogP contribution in [-0.4, -0.2) is 91.4 Å². The van der Waals surface area contributed by atoms with E-state index in [1.165, 1.54) is 16.7 Å². The fraction of sp³-hybridized carbons (Fsp3) is 0.778. The van der Waals surface area contributed by atoms with E-state index in [4.69, 9.17) is 5.11 Å². The molecule has 0 aromatic rings. The number of carboxylic acid groups (broad SMARTS) is 1. The lowest BCUT2D eigenvalue weighted by atomic mass is 9.79. The number of carbonyl (C=O) groups is 2. The average Bonchev–Trinajstić information content (AvgIpc) is 3.16. The highest BCUT2D eigenvalue weighted by molar-refractivity contribution is 8.03. The molecule has 0 bridgehead atoms. The van der Waals surface area contributed by atoms with Crippen LogP contribution in [0, 0.1) is 11.8 Å². The van der Waals surface area contributed by atoms with E-state index in [2.05, 4.69) is 5.32 Å². The van der Waals surface area contributed by atoms with Crippen LogP contribution in [0.5, 0.6) is 0 Å². The van der Waals surface area contributed by atoms with Crippen LogP contribution in [0.15, 0.2) is 10.6 Å². The molecule has 7 atom stereocenters. The molecule has 0 saturated carbocycles. The van der Waals surface area contributed by atoms with Gasteiger partial charge in [-0.15, -0.1) is 11.8 Å². The number of carboxylic acids is 1. The van der Waals surface area contributed by atoms with Gasteiger partial charge in [0.15, 0.2) is 0 Å². The van der Waals surface area contributed by atoms with Crippen molar-refractivity contribution in [3.63, 3.8) is 0 Å². The van der Waals surface area contributed by atoms with Crippen LogP contribution in [0.4, 0.5) is 0 Å². The monoisotopic (exact) mass is 432 g/mol. The number of aliphatic carboxylic acids is 1. The lowest BCUT2D eigenvalue weighted by molar-refractivity contribution is -0.163. The maximum atomic E-state index is 12.4. The van der Waals surface area contributed by atoms with Crippen molar-refractivity contribution >= 4 is 35.4 Å². The molecule has 3 aliphatic rings. The standard InChI is InChI=1S/C18H28N2O6S2/c1-8-14-13(9(2)22)17(24)20(14)15(18(25)26)16(8)28-12-3-10(19-4-12)6-27-7-11(23)5-21/h8-14,19,21-23H,3-7H2,1-2H3,(H,25,26)/t8-,9-,10+,11?,12+,13-,14?/m1/s1. The Kier molecular flexibility index (Phi) is 6.99.